The Hall–Kier alpha value is -2.85. The number of hydrogen-bond donors (Lipinski definition) is 4. The number of nitrogens with zero attached hydrogens (tertiary/aromatic N) is 3. The van der Waals surface area contributed by atoms with Gasteiger partial charge in [0, 0.05) is 43.8 Å². The van der Waals surface area contributed by atoms with Crippen LogP contribution in [0.25, 0.3) is 0 Å². The minimum absolute atomic E-state index is 0.123. The fraction of sp³-hybridized carbons (Fsp3) is 0.625. The van der Waals surface area contributed by atoms with E-state index in [-0.39, 0.29) is 12.3 Å². The number of aliphatic hydroxyl groups excluding tert-OH is 1. The maximum absolute atomic E-state index is 13.4. The first-order valence-electron chi connectivity index (χ1n) is 12.1. The van der Waals surface area contributed by atoms with Crippen molar-refractivity contribution < 1.29 is 29.8 Å². The van der Waals surface area contributed by atoms with Gasteiger partial charge >= 0.3 is 6.09 Å². The zero-order valence-corrected chi connectivity index (χ0v) is 19.3. The van der Waals surface area contributed by atoms with E-state index in [0.29, 0.717) is 51.9 Å². The number of benzene rings is 1. The molecule has 186 valence electrons. The Morgan fingerprint density at radius 1 is 0.941 bits per heavy atom. The maximum Gasteiger partial charge on any atom is 0.407 e. The van der Waals surface area contributed by atoms with E-state index in [4.69, 9.17) is 0 Å². The summed E-state index contributed by atoms with van der Waals surface area (Å²) < 4.78 is 0. The number of para-hydroxylation sites is 1. The Kier molecular flexibility index (Phi) is 7.57. The molecule has 34 heavy (non-hydrogen) atoms. The predicted octanol–water partition coefficient (Wildman–Crippen LogP) is 1.52. The quantitative estimate of drug-likeness (QED) is 0.376. The minimum atomic E-state index is -1.12. The van der Waals surface area contributed by atoms with Crippen LogP contribution < -0.4 is 10.4 Å². The van der Waals surface area contributed by atoms with Crippen LogP contribution in [0.2, 0.25) is 0 Å². The molecule has 1 aliphatic heterocycles. The lowest BCUT2D eigenvalue weighted by Gasteiger charge is -2.44. The van der Waals surface area contributed by atoms with E-state index in [0.717, 1.165) is 12.1 Å². The van der Waals surface area contributed by atoms with E-state index >= 15 is 0 Å². The summed E-state index contributed by atoms with van der Waals surface area (Å²) in [7, 11) is 0. The van der Waals surface area contributed by atoms with Gasteiger partial charge in [-0.25, -0.2) is 10.3 Å². The molecule has 1 aromatic rings. The fourth-order valence-corrected chi connectivity index (χ4v) is 5.94. The van der Waals surface area contributed by atoms with Crippen molar-refractivity contribution in [3.63, 3.8) is 0 Å². The van der Waals surface area contributed by atoms with E-state index in [1.807, 2.05) is 30.3 Å². The number of aliphatic hydroxyl groups is 1. The molecule has 4 rings (SSSR count). The van der Waals surface area contributed by atoms with Crippen LogP contribution in [0.1, 0.15) is 38.5 Å². The molecular formula is C24H34N4O6. The highest BCUT2D eigenvalue weighted by atomic mass is 16.5. The molecule has 1 aromatic carbocycles. The third-order valence-corrected chi connectivity index (χ3v) is 7.71. The topological polar surface area (TPSA) is 134 Å². The lowest BCUT2D eigenvalue weighted by Crippen LogP contribution is -2.56. The van der Waals surface area contributed by atoms with Gasteiger partial charge in [0.25, 0.3) is 0 Å². The lowest BCUT2D eigenvalue weighted by molar-refractivity contribution is -0.148. The van der Waals surface area contributed by atoms with Crippen molar-refractivity contribution in [1.29, 1.82) is 0 Å². The van der Waals surface area contributed by atoms with Gasteiger partial charge in [-0.05, 0) is 50.7 Å². The van der Waals surface area contributed by atoms with Gasteiger partial charge in [0.2, 0.25) is 11.8 Å². The van der Waals surface area contributed by atoms with E-state index in [9.17, 15) is 29.8 Å². The second-order valence-corrected chi connectivity index (χ2v) is 9.56. The number of nitrogens with one attached hydrogen (secondary N) is 1. The molecule has 1 heterocycles. The van der Waals surface area contributed by atoms with Gasteiger partial charge in [-0.1, -0.05) is 18.2 Å². The van der Waals surface area contributed by atoms with Crippen molar-refractivity contribution in [2.75, 3.05) is 31.1 Å². The lowest BCUT2D eigenvalue weighted by atomic mass is 9.74. The Labute approximate surface area is 199 Å². The smallest absolute Gasteiger partial charge is 0.407 e. The zero-order chi connectivity index (χ0) is 24.2. The van der Waals surface area contributed by atoms with Gasteiger partial charge in [0.1, 0.15) is 0 Å². The monoisotopic (exact) mass is 474 g/mol. The summed E-state index contributed by atoms with van der Waals surface area (Å²) in [5.41, 5.74) is 2.79. The molecule has 2 aliphatic carbocycles. The van der Waals surface area contributed by atoms with Crippen molar-refractivity contribution >= 4 is 23.6 Å². The summed E-state index contributed by atoms with van der Waals surface area (Å²) >= 11 is 0. The second-order valence-electron chi connectivity index (χ2n) is 9.56. The Morgan fingerprint density at radius 2 is 1.65 bits per heavy atom. The number of rotatable bonds is 5. The Balaban J connectivity index is 1.43. The Morgan fingerprint density at radius 3 is 2.24 bits per heavy atom. The van der Waals surface area contributed by atoms with Crippen LogP contribution in [0.3, 0.4) is 0 Å². The largest absolute Gasteiger partial charge is 0.465 e. The van der Waals surface area contributed by atoms with Gasteiger partial charge < -0.3 is 20.0 Å². The average molecular weight is 475 g/mol. The van der Waals surface area contributed by atoms with E-state index in [2.05, 4.69) is 4.90 Å². The predicted molar refractivity (Wildman–Crippen MR) is 123 cm³/mol. The summed E-state index contributed by atoms with van der Waals surface area (Å²) in [6.45, 7) is 2.45. The molecule has 2 saturated carbocycles. The van der Waals surface area contributed by atoms with E-state index < -0.39 is 42.0 Å². The molecule has 0 spiro atoms. The third-order valence-electron chi connectivity index (χ3n) is 7.71. The summed E-state index contributed by atoms with van der Waals surface area (Å²) in [4.78, 5) is 43.3. The molecule has 0 radical (unpaired) electrons. The number of amides is 3. The summed E-state index contributed by atoms with van der Waals surface area (Å²) in [6, 6.07) is 9.01. The molecular weight excluding hydrogens is 440 g/mol. The first kappa shape index (κ1) is 24.3. The van der Waals surface area contributed by atoms with Crippen LogP contribution in [0.4, 0.5) is 10.5 Å². The van der Waals surface area contributed by atoms with Crippen molar-refractivity contribution in [3.05, 3.63) is 30.3 Å². The molecule has 10 nitrogen and oxygen atoms in total. The molecule has 1 saturated heterocycles. The number of hydrogen-bond acceptors (Lipinski definition) is 6. The summed E-state index contributed by atoms with van der Waals surface area (Å²) in [5.74, 6) is -2.23. The number of hydroxylamine groups is 1. The van der Waals surface area contributed by atoms with Crippen molar-refractivity contribution in [3.8, 4) is 0 Å². The van der Waals surface area contributed by atoms with E-state index in [1.165, 1.54) is 4.90 Å². The van der Waals surface area contributed by atoms with Crippen LogP contribution in [-0.2, 0) is 9.59 Å². The highest BCUT2D eigenvalue weighted by Gasteiger charge is 2.46. The molecule has 0 bridgehead atoms. The highest BCUT2D eigenvalue weighted by molar-refractivity contribution is 5.87. The van der Waals surface area contributed by atoms with Gasteiger partial charge in [-0.15, -0.1) is 0 Å². The van der Waals surface area contributed by atoms with Crippen LogP contribution in [0, 0.1) is 11.8 Å². The van der Waals surface area contributed by atoms with Crippen molar-refractivity contribution in [1.82, 2.24) is 15.3 Å². The number of anilines is 1. The standard InChI is InChI=1S/C24H34N4O6/c29-21-8-4-7-20(21)28(24(32)33)17-9-10-18(19(15-17)22(30)25-34)23(31)27-13-11-26(12-14-27)16-5-2-1-3-6-16/h1-3,5-6,17-21,29,34H,4,7-15H2,(H,25,30)(H,32,33)/t17-,18+,19+,20-,21-/m1/s1. The number of piperazine rings is 1. The maximum atomic E-state index is 13.4. The first-order chi connectivity index (χ1) is 16.4. The normalized spacial score (nSPS) is 29.5. The van der Waals surface area contributed by atoms with Crippen LogP contribution in [0.15, 0.2) is 30.3 Å². The molecule has 3 fully saturated rings. The van der Waals surface area contributed by atoms with Gasteiger partial charge in [-0.2, -0.15) is 0 Å². The highest BCUT2D eigenvalue weighted by Crippen LogP contribution is 2.37. The average Bonchev–Trinajstić information content (AvgIpc) is 3.28. The second kappa shape index (κ2) is 10.6. The molecule has 3 amide bonds. The van der Waals surface area contributed by atoms with Crippen LogP contribution in [-0.4, -0.2) is 87.5 Å². The van der Waals surface area contributed by atoms with Crippen LogP contribution >= 0.6 is 0 Å². The molecule has 5 atom stereocenters. The summed E-state index contributed by atoms with van der Waals surface area (Å²) in [6.07, 6.45) is 0.967. The number of carbonyl (C=O) groups excluding carboxylic acids is 2. The minimum Gasteiger partial charge on any atom is -0.465 e. The zero-order valence-electron chi connectivity index (χ0n) is 19.3. The fourth-order valence-electron chi connectivity index (χ4n) is 5.94. The van der Waals surface area contributed by atoms with Gasteiger partial charge in [0.05, 0.1) is 18.1 Å². The molecule has 0 unspecified atom stereocenters. The third kappa shape index (κ3) is 4.97. The molecule has 4 N–H and O–H groups in total. The van der Waals surface area contributed by atoms with Crippen molar-refractivity contribution in [2.24, 2.45) is 11.8 Å². The molecule has 10 heteroatoms. The van der Waals surface area contributed by atoms with Crippen molar-refractivity contribution in [2.45, 2.75) is 56.7 Å². The number of carbonyl (C=O) groups is 3. The first-order valence-corrected chi connectivity index (χ1v) is 12.1. The molecule has 0 aromatic heterocycles. The number of carboxylic acid groups (broad SMARTS) is 1. The molecule has 3 aliphatic rings. The Bertz CT molecular complexity index is 875. The van der Waals surface area contributed by atoms with Crippen LogP contribution in [0.5, 0.6) is 0 Å². The van der Waals surface area contributed by atoms with Gasteiger partial charge in [0.15, 0.2) is 0 Å². The summed E-state index contributed by atoms with van der Waals surface area (Å²) in [5, 5.41) is 29.5. The van der Waals surface area contributed by atoms with Gasteiger partial charge in [-0.3, -0.25) is 19.7 Å². The SMILES string of the molecule is O=C(NO)[C@H]1C[C@H](N(C(=O)O)[C@@H]2CCC[C@H]2O)CC[C@@H]1C(=O)N1CCN(c2ccccc2)CC1. The van der Waals surface area contributed by atoms with E-state index in [1.54, 1.807) is 10.4 Å².